The number of nitrogens with one attached hydrogen (secondary N) is 1. The molecule has 166 valence electrons. The van der Waals surface area contributed by atoms with Gasteiger partial charge in [-0.25, -0.2) is 0 Å². The molecule has 0 radical (unpaired) electrons. The SMILES string of the molecule is O=C(Nc1ccc(Cl)c(-c2nccc3ccccc23)c1)c1ccc(CN2CCCC2)cc1Cl. The fraction of sp³-hybridized carbons (Fsp3) is 0.185. The largest absolute Gasteiger partial charge is 0.322 e. The Labute approximate surface area is 203 Å². The number of hydrogen-bond acceptors (Lipinski definition) is 3. The van der Waals surface area contributed by atoms with E-state index in [2.05, 4.69) is 15.2 Å². The van der Waals surface area contributed by atoms with Gasteiger partial charge in [0.25, 0.3) is 5.91 Å². The molecule has 6 heteroatoms. The molecular weight excluding hydrogens is 453 g/mol. The van der Waals surface area contributed by atoms with Crippen LogP contribution in [-0.2, 0) is 6.54 Å². The standard InChI is InChI=1S/C27H23Cl2N3O/c28-24-10-8-20(16-23(24)26-21-6-2-1-5-19(21)11-12-30-26)31-27(33)22-9-7-18(15-25(22)29)17-32-13-3-4-14-32/h1-2,5-12,15-16H,3-4,13-14,17H2,(H,31,33). The summed E-state index contributed by atoms with van der Waals surface area (Å²) in [4.78, 5) is 19.9. The molecule has 1 amide bonds. The lowest BCUT2D eigenvalue weighted by atomic mass is 10.0. The Kier molecular flexibility index (Phi) is 6.32. The fourth-order valence-corrected chi connectivity index (χ4v) is 4.85. The third-order valence-electron chi connectivity index (χ3n) is 6.04. The second kappa shape index (κ2) is 9.52. The number of nitrogens with zero attached hydrogens (tertiary/aromatic N) is 2. The van der Waals surface area contributed by atoms with Crippen molar-refractivity contribution in [3.05, 3.63) is 94.1 Å². The Hall–Kier alpha value is -2.92. The highest BCUT2D eigenvalue weighted by atomic mass is 35.5. The van der Waals surface area contributed by atoms with Crippen LogP contribution in [0.1, 0.15) is 28.8 Å². The predicted molar refractivity (Wildman–Crippen MR) is 136 cm³/mol. The third-order valence-corrected chi connectivity index (χ3v) is 6.68. The van der Waals surface area contributed by atoms with Gasteiger partial charge in [-0.15, -0.1) is 0 Å². The highest BCUT2D eigenvalue weighted by molar-refractivity contribution is 6.35. The average molecular weight is 476 g/mol. The van der Waals surface area contributed by atoms with Gasteiger partial charge in [-0.2, -0.15) is 0 Å². The van der Waals surface area contributed by atoms with Crippen molar-refractivity contribution in [3.8, 4) is 11.3 Å². The molecule has 4 aromatic rings. The van der Waals surface area contributed by atoms with Gasteiger partial charge in [0.15, 0.2) is 0 Å². The molecule has 1 aliphatic rings. The quantitative estimate of drug-likeness (QED) is 0.336. The Morgan fingerprint density at radius 1 is 0.939 bits per heavy atom. The van der Waals surface area contributed by atoms with E-state index in [-0.39, 0.29) is 5.91 Å². The summed E-state index contributed by atoms with van der Waals surface area (Å²) in [5, 5.41) is 6.06. The van der Waals surface area contributed by atoms with Gasteiger partial charge in [0, 0.05) is 29.4 Å². The Morgan fingerprint density at radius 3 is 2.58 bits per heavy atom. The number of carbonyl (C=O) groups is 1. The van der Waals surface area contributed by atoms with Gasteiger partial charge in [-0.3, -0.25) is 14.7 Å². The Balaban J connectivity index is 1.39. The van der Waals surface area contributed by atoms with E-state index in [0.717, 1.165) is 47.2 Å². The minimum Gasteiger partial charge on any atom is -0.322 e. The van der Waals surface area contributed by atoms with Gasteiger partial charge >= 0.3 is 0 Å². The molecule has 0 unspecified atom stereocenters. The number of aromatic nitrogens is 1. The molecule has 1 aromatic heterocycles. The van der Waals surface area contributed by atoms with Crippen LogP contribution >= 0.6 is 23.2 Å². The second-order valence-electron chi connectivity index (χ2n) is 8.33. The van der Waals surface area contributed by atoms with Gasteiger partial charge in [-0.1, -0.05) is 53.5 Å². The van der Waals surface area contributed by atoms with Crippen molar-refractivity contribution in [2.75, 3.05) is 18.4 Å². The molecule has 4 nitrogen and oxygen atoms in total. The number of hydrogen-bond donors (Lipinski definition) is 1. The first-order valence-corrected chi connectivity index (χ1v) is 11.8. The number of carbonyl (C=O) groups excluding carboxylic acids is 1. The van der Waals surface area contributed by atoms with Crippen LogP contribution in [0.5, 0.6) is 0 Å². The van der Waals surface area contributed by atoms with E-state index >= 15 is 0 Å². The molecule has 1 saturated heterocycles. The number of pyridine rings is 1. The van der Waals surface area contributed by atoms with E-state index in [0.29, 0.717) is 21.3 Å². The fourth-order valence-electron chi connectivity index (χ4n) is 4.36. The van der Waals surface area contributed by atoms with Crippen molar-refractivity contribution in [1.29, 1.82) is 0 Å². The van der Waals surface area contributed by atoms with Crippen molar-refractivity contribution in [3.63, 3.8) is 0 Å². The van der Waals surface area contributed by atoms with Crippen LogP contribution in [-0.4, -0.2) is 28.9 Å². The second-order valence-corrected chi connectivity index (χ2v) is 9.14. The van der Waals surface area contributed by atoms with Gasteiger partial charge in [0.2, 0.25) is 0 Å². The zero-order valence-electron chi connectivity index (χ0n) is 18.0. The number of halogens is 2. The highest BCUT2D eigenvalue weighted by Crippen LogP contribution is 2.34. The van der Waals surface area contributed by atoms with Gasteiger partial charge in [-0.05, 0) is 73.3 Å². The van der Waals surface area contributed by atoms with Crippen LogP contribution in [0.2, 0.25) is 10.0 Å². The first-order valence-electron chi connectivity index (χ1n) is 11.0. The summed E-state index contributed by atoms with van der Waals surface area (Å²) >= 11 is 13.0. The molecule has 1 aliphatic heterocycles. The van der Waals surface area contributed by atoms with E-state index < -0.39 is 0 Å². The maximum absolute atomic E-state index is 13.0. The maximum Gasteiger partial charge on any atom is 0.257 e. The van der Waals surface area contributed by atoms with Gasteiger partial charge < -0.3 is 5.32 Å². The van der Waals surface area contributed by atoms with Crippen molar-refractivity contribution >= 4 is 45.6 Å². The first-order chi connectivity index (χ1) is 16.1. The smallest absolute Gasteiger partial charge is 0.257 e. The summed E-state index contributed by atoms with van der Waals surface area (Å²) < 4.78 is 0. The molecule has 0 atom stereocenters. The number of benzene rings is 3. The molecule has 1 N–H and O–H groups in total. The van der Waals surface area contributed by atoms with Crippen molar-refractivity contribution in [2.24, 2.45) is 0 Å². The summed E-state index contributed by atoms with van der Waals surface area (Å²) in [6.07, 6.45) is 4.25. The first kappa shape index (κ1) is 21.9. The zero-order valence-corrected chi connectivity index (χ0v) is 19.5. The molecule has 0 saturated carbocycles. The summed E-state index contributed by atoms with van der Waals surface area (Å²) in [5.74, 6) is -0.258. The molecule has 0 aliphatic carbocycles. The van der Waals surface area contributed by atoms with E-state index in [1.807, 2.05) is 48.5 Å². The highest BCUT2D eigenvalue weighted by Gasteiger charge is 2.16. The summed E-state index contributed by atoms with van der Waals surface area (Å²) in [6, 6.07) is 21.1. The molecule has 1 fully saturated rings. The van der Waals surface area contributed by atoms with Crippen molar-refractivity contribution < 1.29 is 4.79 Å². The third kappa shape index (κ3) is 4.74. The summed E-state index contributed by atoms with van der Waals surface area (Å²) in [7, 11) is 0. The minimum absolute atomic E-state index is 0.258. The molecule has 3 aromatic carbocycles. The van der Waals surface area contributed by atoms with Crippen molar-refractivity contribution in [2.45, 2.75) is 19.4 Å². The minimum atomic E-state index is -0.258. The molecule has 0 bridgehead atoms. The zero-order chi connectivity index (χ0) is 22.8. The number of rotatable bonds is 5. The molecule has 2 heterocycles. The predicted octanol–water partition coefficient (Wildman–Crippen LogP) is 7.06. The van der Waals surface area contributed by atoms with Crippen LogP contribution in [0.4, 0.5) is 5.69 Å². The van der Waals surface area contributed by atoms with Crippen LogP contribution < -0.4 is 5.32 Å². The number of fused-ring (bicyclic) bond motifs is 1. The van der Waals surface area contributed by atoms with Gasteiger partial charge in [0.05, 0.1) is 21.3 Å². The summed E-state index contributed by atoms with van der Waals surface area (Å²) in [6.45, 7) is 3.09. The lowest BCUT2D eigenvalue weighted by Crippen LogP contribution is -2.18. The van der Waals surface area contributed by atoms with Crippen LogP contribution in [0.25, 0.3) is 22.0 Å². The lowest BCUT2D eigenvalue weighted by molar-refractivity contribution is 0.102. The maximum atomic E-state index is 13.0. The van der Waals surface area contributed by atoms with E-state index in [1.54, 1.807) is 24.4 Å². The van der Waals surface area contributed by atoms with Crippen molar-refractivity contribution in [1.82, 2.24) is 9.88 Å². The van der Waals surface area contributed by atoms with Crippen LogP contribution in [0.3, 0.4) is 0 Å². The number of anilines is 1. The topological polar surface area (TPSA) is 45.2 Å². The molecule has 33 heavy (non-hydrogen) atoms. The number of amides is 1. The molecular formula is C27H23Cl2N3O. The lowest BCUT2D eigenvalue weighted by Gasteiger charge is -2.15. The normalized spacial score (nSPS) is 14.0. The van der Waals surface area contributed by atoms with E-state index in [1.165, 1.54) is 12.8 Å². The van der Waals surface area contributed by atoms with E-state index in [9.17, 15) is 4.79 Å². The van der Waals surface area contributed by atoms with Gasteiger partial charge in [0.1, 0.15) is 0 Å². The number of likely N-dealkylation sites (tertiary alicyclic amines) is 1. The Morgan fingerprint density at radius 2 is 1.76 bits per heavy atom. The average Bonchev–Trinajstić information content (AvgIpc) is 3.33. The monoisotopic (exact) mass is 475 g/mol. The van der Waals surface area contributed by atoms with Crippen LogP contribution in [0, 0.1) is 0 Å². The summed E-state index contributed by atoms with van der Waals surface area (Å²) in [5.41, 5.74) is 3.74. The Bertz CT molecular complexity index is 1330. The molecule has 0 spiro atoms. The van der Waals surface area contributed by atoms with E-state index in [4.69, 9.17) is 23.2 Å². The van der Waals surface area contributed by atoms with Crippen LogP contribution in [0.15, 0.2) is 72.9 Å². The molecule has 5 rings (SSSR count).